The third-order valence-corrected chi connectivity index (χ3v) is 7.77. The van der Waals surface area contributed by atoms with E-state index in [9.17, 15) is 14.4 Å². The Morgan fingerprint density at radius 3 is 2.00 bits per heavy atom. The second-order valence-electron chi connectivity index (χ2n) is 8.26. The van der Waals surface area contributed by atoms with E-state index in [2.05, 4.69) is 10.6 Å². The second-order valence-corrected chi connectivity index (χ2v) is 10.3. The van der Waals surface area contributed by atoms with Gasteiger partial charge in [0.1, 0.15) is 22.1 Å². The predicted octanol–water partition coefficient (Wildman–Crippen LogP) is 6.01. The molecule has 0 fully saturated rings. The smallest absolute Gasteiger partial charge is 0.283 e. The molecule has 196 valence electrons. The lowest BCUT2D eigenvalue weighted by Gasteiger charge is -2.15. The van der Waals surface area contributed by atoms with Crippen molar-refractivity contribution in [3.8, 4) is 11.5 Å². The van der Waals surface area contributed by atoms with Crippen molar-refractivity contribution in [2.75, 3.05) is 29.8 Å². The predicted molar refractivity (Wildman–Crippen MR) is 154 cm³/mol. The molecule has 0 radical (unpaired) electrons. The summed E-state index contributed by atoms with van der Waals surface area (Å²) in [4.78, 5) is 42.3. The number of rotatable bonds is 9. The molecule has 1 aromatic heterocycles. The Bertz CT molecular complexity index is 1530. The normalized spacial score (nSPS) is 13.0. The van der Waals surface area contributed by atoms with E-state index in [0.717, 1.165) is 9.80 Å². The second kappa shape index (κ2) is 11.5. The zero-order valence-corrected chi connectivity index (χ0v) is 22.6. The number of anilines is 3. The molecule has 39 heavy (non-hydrogen) atoms. The van der Waals surface area contributed by atoms with Crippen molar-refractivity contribution >= 4 is 57.9 Å². The van der Waals surface area contributed by atoms with Gasteiger partial charge in [-0.25, -0.2) is 4.90 Å². The maximum absolute atomic E-state index is 13.6. The van der Waals surface area contributed by atoms with Crippen molar-refractivity contribution in [1.82, 2.24) is 0 Å². The number of benzene rings is 3. The quantitative estimate of drug-likeness (QED) is 0.243. The van der Waals surface area contributed by atoms with E-state index >= 15 is 0 Å². The highest BCUT2D eigenvalue weighted by molar-refractivity contribution is 8.04. The third-order valence-electron chi connectivity index (χ3n) is 5.81. The summed E-state index contributed by atoms with van der Waals surface area (Å²) in [6.07, 6.45) is 0. The highest BCUT2D eigenvalue weighted by Crippen LogP contribution is 2.38. The number of carbonyl (C=O) groups is 3. The van der Waals surface area contributed by atoms with Gasteiger partial charge in [0.2, 0.25) is 0 Å². The number of imide groups is 1. The number of thioether (sulfide) groups is 1. The number of nitrogens with one attached hydrogen (secondary N) is 2. The number of hydrogen-bond donors (Lipinski definition) is 2. The topological polar surface area (TPSA) is 97.0 Å². The van der Waals surface area contributed by atoms with Gasteiger partial charge in [0.25, 0.3) is 17.7 Å². The first-order valence-electron chi connectivity index (χ1n) is 11.8. The molecule has 0 atom stereocenters. The van der Waals surface area contributed by atoms with Crippen LogP contribution in [0.15, 0.2) is 106 Å². The van der Waals surface area contributed by atoms with E-state index < -0.39 is 11.8 Å². The highest BCUT2D eigenvalue weighted by Gasteiger charge is 2.40. The summed E-state index contributed by atoms with van der Waals surface area (Å²) in [5.41, 5.74) is 1.85. The average molecular weight is 558 g/mol. The summed E-state index contributed by atoms with van der Waals surface area (Å²) >= 11 is 2.54. The van der Waals surface area contributed by atoms with Gasteiger partial charge in [0, 0.05) is 16.3 Å². The van der Waals surface area contributed by atoms with Gasteiger partial charge in [-0.15, -0.1) is 11.3 Å². The molecule has 2 heterocycles. The van der Waals surface area contributed by atoms with Crippen molar-refractivity contribution in [3.63, 3.8) is 0 Å². The minimum absolute atomic E-state index is 0.168. The SMILES string of the molecule is COc1ccc(NC2=C(Sc3ccc(NC(=O)c4cccs4)cc3)C(=O)N(c3ccc(OC)cc3)C2=O)cc1. The lowest BCUT2D eigenvalue weighted by molar-refractivity contribution is -0.120. The fraction of sp³-hybridized carbons (Fsp3) is 0.0690. The maximum Gasteiger partial charge on any atom is 0.283 e. The molecule has 3 aromatic carbocycles. The van der Waals surface area contributed by atoms with Crippen LogP contribution in [0.25, 0.3) is 0 Å². The van der Waals surface area contributed by atoms with Gasteiger partial charge in [-0.1, -0.05) is 17.8 Å². The Morgan fingerprint density at radius 2 is 1.41 bits per heavy atom. The fourth-order valence-electron chi connectivity index (χ4n) is 3.82. The largest absolute Gasteiger partial charge is 0.497 e. The molecule has 3 amide bonds. The highest BCUT2D eigenvalue weighted by atomic mass is 32.2. The Morgan fingerprint density at radius 1 is 0.795 bits per heavy atom. The lowest BCUT2D eigenvalue weighted by Crippen LogP contribution is -2.32. The molecule has 8 nitrogen and oxygen atoms in total. The Labute approximate surface area is 233 Å². The minimum Gasteiger partial charge on any atom is -0.497 e. The van der Waals surface area contributed by atoms with Gasteiger partial charge in [-0.2, -0.15) is 0 Å². The summed E-state index contributed by atoms with van der Waals surface area (Å²) in [6, 6.07) is 24.5. The average Bonchev–Trinajstić information content (AvgIpc) is 3.58. The first-order chi connectivity index (χ1) is 19.0. The maximum atomic E-state index is 13.6. The first kappa shape index (κ1) is 26.1. The summed E-state index contributed by atoms with van der Waals surface area (Å²) < 4.78 is 10.4. The summed E-state index contributed by atoms with van der Waals surface area (Å²) in [5, 5.41) is 7.83. The molecule has 4 aromatic rings. The van der Waals surface area contributed by atoms with E-state index in [-0.39, 0.29) is 16.5 Å². The van der Waals surface area contributed by atoms with Crippen LogP contribution in [0.1, 0.15) is 9.67 Å². The molecule has 1 aliphatic rings. The zero-order valence-electron chi connectivity index (χ0n) is 21.0. The van der Waals surface area contributed by atoms with E-state index in [1.54, 1.807) is 93.1 Å². The number of nitrogens with zero attached hydrogens (tertiary/aromatic N) is 1. The van der Waals surface area contributed by atoms with E-state index in [1.165, 1.54) is 23.1 Å². The van der Waals surface area contributed by atoms with Crippen molar-refractivity contribution < 1.29 is 23.9 Å². The molecular weight excluding hydrogens is 534 g/mol. The van der Waals surface area contributed by atoms with Crippen LogP contribution < -0.4 is 25.0 Å². The molecule has 0 saturated carbocycles. The minimum atomic E-state index is -0.469. The first-order valence-corrected chi connectivity index (χ1v) is 13.5. The Kier molecular flexibility index (Phi) is 7.67. The Balaban J connectivity index is 1.42. The van der Waals surface area contributed by atoms with Gasteiger partial charge in [-0.3, -0.25) is 14.4 Å². The number of thiophene rings is 1. The van der Waals surface area contributed by atoms with Gasteiger partial charge in [0.15, 0.2) is 0 Å². The van der Waals surface area contributed by atoms with Crippen LogP contribution in [0.5, 0.6) is 11.5 Å². The lowest BCUT2D eigenvalue weighted by atomic mass is 10.2. The van der Waals surface area contributed by atoms with Gasteiger partial charge < -0.3 is 20.1 Å². The molecule has 5 rings (SSSR count). The Hall–Kier alpha value is -4.54. The van der Waals surface area contributed by atoms with Gasteiger partial charge in [-0.05, 0) is 84.2 Å². The number of hydrogen-bond acceptors (Lipinski definition) is 8. The van der Waals surface area contributed by atoms with Gasteiger partial charge >= 0.3 is 0 Å². The molecule has 0 saturated heterocycles. The molecule has 0 aliphatic carbocycles. The summed E-state index contributed by atoms with van der Waals surface area (Å²) in [6.45, 7) is 0. The van der Waals surface area contributed by atoms with Crippen LogP contribution in [-0.4, -0.2) is 31.9 Å². The number of methoxy groups -OCH3 is 2. The number of carbonyl (C=O) groups excluding carboxylic acids is 3. The molecular formula is C29H23N3O5S2. The van der Waals surface area contributed by atoms with Crippen LogP contribution in [0.3, 0.4) is 0 Å². The number of ether oxygens (including phenoxy) is 2. The van der Waals surface area contributed by atoms with Crippen molar-refractivity contribution in [3.05, 3.63) is 106 Å². The van der Waals surface area contributed by atoms with Crippen LogP contribution in [0.4, 0.5) is 17.1 Å². The standard InChI is InChI=1S/C29H23N3O5S2/c1-36-21-11-5-18(6-12-21)30-25-26(29(35)32(28(25)34)20-9-13-22(37-2)14-10-20)39-23-15-7-19(8-16-23)31-27(33)24-4-3-17-38-24/h3-17,30H,1-2H3,(H,31,33). The molecule has 10 heteroatoms. The van der Waals surface area contributed by atoms with Gasteiger partial charge in [0.05, 0.1) is 24.8 Å². The molecule has 0 spiro atoms. The monoisotopic (exact) mass is 557 g/mol. The summed E-state index contributed by atoms with van der Waals surface area (Å²) in [7, 11) is 3.12. The van der Waals surface area contributed by atoms with Crippen LogP contribution in [0.2, 0.25) is 0 Å². The number of amides is 3. The molecule has 0 bridgehead atoms. The van der Waals surface area contributed by atoms with Crippen LogP contribution in [0, 0.1) is 0 Å². The molecule has 1 aliphatic heterocycles. The zero-order chi connectivity index (χ0) is 27.4. The van der Waals surface area contributed by atoms with Crippen LogP contribution >= 0.6 is 23.1 Å². The molecule has 0 unspecified atom stereocenters. The van der Waals surface area contributed by atoms with E-state index in [4.69, 9.17) is 9.47 Å². The molecule has 2 N–H and O–H groups in total. The van der Waals surface area contributed by atoms with Crippen LogP contribution in [-0.2, 0) is 9.59 Å². The van der Waals surface area contributed by atoms with E-state index in [0.29, 0.717) is 33.4 Å². The van der Waals surface area contributed by atoms with Crippen molar-refractivity contribution in [2.45, 2.75) is 4.90 Å². The van der Waals surface area contributed by atoms with E-state index in [1.807, 2.05) is 11.4 Å². The third kappa shape index (κ3) is 5.66. The van der Waals surface area contributed by atoms with Crippen molar-refractivity contribution in [1.29, 1.82) is 0 Å². The summed E-state index contributed by atoms with van der Waals surface area (Å²) in [5.74, 6) is 0.183. The van der Waals surface area contributed by atoms with Crippen molar-refractivity contribution in [2.24, 2.45) is 0 Å². The fourth-order valence-corrected chi connectivity index (χ4v) is 5.37.